The summed E-state index contributed by atoms with van der Waals surface area (Å²) >= 11 is 6.02. The first-order chi connectivity index (χ1) is 8.72. The molecule has 1 aliphatic rings. The number of hydrogen-bond donors (Lipinski definition) is 1. The number of nitrogens with one attached hydrogen (secondary N) is 1. The molecule has 18 heavy (non-hydrogen) atoms. The van der Waals surface area contributed by atoms with E-state index >= 15 is 0 Å². The Kier molecular flexibility index (Phi) is 3.24. The number of benzene rings is 1. The van der Waals surface area contributed by atoms with Crippen molar-refractivity contribution >= 4 is 22.7 Å². The summed E-state index contributed by atoms with van der Waals surface area (Å²) in [4.78, 5) is 6.86. The molecule has 1 aromatic carbocycles. The molecule has 1 fully saturated rings. The Labute approximate surface area is 111 Å². The largest absolute Gasteiger partial charge is 0.439 e. The van der Waals surface area contributed by atoms with Gasteiger partial charge >= 0.3 is 0 Å². The summed E-state index contributed by atoms with van der Waals surface area (Å²) in [6.07, 6.45) is 0. The van der Waals surface area contributed by atoms with Gasteiger partial charge in [0.25, 0.3) is 0 Å². The van der Waals surface area contributed by atoms with Crippen molar-refractivity contribution in [2.24, 2.45) is 0 Å². The van der Waals surface area contributed by atoms with Crippen molar-refractivity contribution in [3.05, 3.63) is 28.6 Å². The quantitative estimate of drug-likeness (QED) is 0.904. The number of aromatic nitrogens is 1. The fourth-order valence-electron chi connectivity index (χ4n) is 2.33. The lowest BCUT2D eigenvalue weighted by Crippen LogP contribution is -2.42. The molecule has 3 rings (SSSR count). The third-order valence-corrected chi connectivity index (χ3v) is 3.47. The number of fused-ring (bicyclic) bond motifs is 1. The van der Waals surface area contributed by atoms with Crippen molar-refractivity contribution in [3.8, 4) is 0 Å². The molecule has 2 heterocycles. The van der Waals surface area contributed by atoms with Crippen LogP contribution in [0.2, 0.25) is 5.02 Å². The summed E-state index contributed by atoms with van der Waals surface area (Å²) in [6, 6.07) is 3.76. The van der Waals surface area contributed by atoms with Crippen molar-refractivity contribution in [1.82, 2.24) is 15.2 Å². The van der Waals surface area contributed by atoms with Crippen LogP contribution in [-0.4, -0.2) is 36.1 Å². The lowest BCUT2D eigenvalue weighted by atomic mass is 10.2. The molecule has 1 aromatic heterocycles. The summed E-state index contributed by atoms with van der Waals surface area (Å²) in [5.41, 5.74) is 2.74. The van der Waals surface area contributed by atoms with E-state index in [0.29, 0.717) is 5.02 Å². The molecule has 0 radical (unpaired) electrons. The molecule has 1 N–H and O–H groups in total. The first-order valence-electron chi connectivity index (χ1n) is 6.21. The Hall–Kier alpha value is -1.10. The van der Waals surface area contributed by atoms with E-state index in [2.05, 4.69) is 15.2 Å². The van der Waals surface area contributed by atoms with E-state index in [1.54, 1.807) is 0 Å². The van der Waals surface area contributed by atoms with Crippen LogP contribution < -0.4 is 5.32 Å². The van der Waals surface area contributed by atoms with E-state index in [4.69, 9.17) is 16.0 Å². The average molecular weight is 266 g/mol. The van der Waals surface area contributed by atoms with Crippen LogP contribution >= 0.6 is 11.6 Å². The summed E-state index contributed by atoms with van der Waals surface area (Å²) in [5, 5.41) is 4.04. The zero-order chi connectivity index (χ0) is 12.5. The van der Waals surface area contributed by atoms with Gasteiger partial charge in [-0.3, -0.25) is 4.90 Å². The number of rotatable bonds is 2. The number of aryl methyl sites for hydroxylation is 1. The SMILES string of the molecule is Cc1cc(Cl)cc2nc(CN3CCNCC3)oc12. The molecule has 0 bridgehead atoms. The molecule has 0 aliphatic carbocycles. The van der Waals surface area contributed by atoms with Crippen molar-refractivity contribution in [2.45, 2.75) is 13.5 Å². The molecule has 0 atom stereocenters. The van der Waals surface area contributed by atoms with Gasteiger partial charge in [0.2, 0.25) is 5.89 Å². The van der Waals surface area contributed by atoms with Crippen molar-refractivity contribution < 1.29 is 4.42 Å². The van der Waals surface area contributed by atoms with Crippen LogP contribution in [0.5, 0.6) is 0 Å². The molecule has 0 unspecified atom stereocenters. The van der Waals surface area contributed by atoms with Crippen LogP contribution in [0.15, 0.2) is 16.5 Å². The lowest BCUT2D eigenvalue weighted by Gasteiger charge is -2.25. The van der Waals surface area contributed by atoms with Gasteiger partial charge in [0.05, 0.1) is 6.54 Å². The smallest absolute Gasteiger partial charge is 0.209 e. The molecule has 96 valence electrons. The number of piperazine rings is 1. The molecule has 1 saturated heterocycles. The normalized spacial score (nSPS) is 17.4. The Morgan fingerprint density at radius 1 is 1.39 bits per heavy atom. The minimum atomic E-state index is 0.710. The molecule has 0 amide bonds. The average Bonchev–Trinajstić information content (AvgIpc) is 2.73. The number of nitrogens with zero attached hydrogens (tertiary/aromatic N) is 2. The van der Waals surface area contributed by atoms with Gasteiger partial charge in [-0.25, -0.2) is 4.98 Å². The van der Waals surface area contributed by atoms with E-state index in [1.807, 2.05) is 19.1 Å². The molecule has 1 aliphatic heterocycles. The number of oxazole rings is 1. The Bertz CT molecular complexity index is 561. The Morgan fingerprint density at radius 2 is 2.17 bits per heavy atom. The monoisotopic (exact) mass is 265 g/mol. The fraction of sp³-hybridized carbons (Fsp3) is 0.462. The van der Waals surface area contributed by atoms with Crippen LogP contribution in [0.3, 0.4) is 0 Å². The fourth-order valence-corrected chi connectivity index (χ4v) is 2.60. The zero-order valence-corrected chi connectivity index (χ0v) is 11.1. The van der Waals surface area contributed by atoms with Gasteiger partial charge in [0.1, 0.15) is 5.52 Å². The van der Waals surface area contributed by atoms with Crippen LogP contribution in [0, 0.1) is 6.92 Å². The van der Waals surface area contributed by atoms with Gasteiger partial charge in [-0.15, -0.1) is 0 Å². The van der Waals surface area contributed by atoms with E-state index in [-0.39, 0.29) is 0 Å². The van der Waals surface area contributed by atoms with E-state index in [9.17, 15) is 0 Å². The summed E-state index contributed by atoms with van der Waals surface area (Å²) in [5.74, 6) is 0.775. The van der Waals surface area contributed by atoms with Crippen LogP contribution in [0.4, 0.5) is 0 Å². The van der Waals surface area contributed by atoms with Crippen LogP contribution in [-0.2, 0) is 6.54 Å². The van der Waals surface area contributed by atoms with Crippen LogP contribution in [0.1, 0.15) is 11.5 Å². The minimum Gasteiger partial charge on any atom is -0.439 e. The minimum absolute atomic E-state index is 0.710. The van der Waals surface area contributed by atoms with Gasteiger partial charge in [0.15, 0.2) is 5.58 Å². The first-order valence-corrected chi connectivity index (χ1v) is 6.59. The maximum atomic E-state index is 6.02. The highest BCUT2D eigenvalue weighted by molar-refractivity contribution is 6.31. The summed E-state index contributed by atoms with van der Waals surface area (Å²) in [7, 11) is 0. The molecule has 5 heteroatoms. The second-order valence-electron chi connectivity index (χ2n) is 4.70. The molecular weight excluding hydrogens is 250 g/mol. The van der Waals surface area contributed by atoms with Gasteiger partial charge < -0.3 is 9.73 Å². The lowest BCUT2D eigenvalue weighted by molar-refractivity contribution is 0.214. The van der Waals surface area contributed by atoms with Gasteiger partial charge in [-0.2, -0.15) is 0 Å². The topological polar surface area (TPSA) is 41.3 Å². The predicted molar refractivity (Wildman–Crippen MR) is 71.9 cm³/mol. The molecule has 0 spiro atoms. The Morgan fingerprint density at radius 3 is 2.94 bits per heavy atom. The standard InChI is InChI=1S/C13H16ClN3O/c1-9-6-10(14)7-11-13(9)18-12(16-11)8-17-4-2-15-3-5-17/h6-7,15H,2-5,8H2,1H3. The third kappa shape index (κ3) is 2.36. The van der Waals surface area contributed by atoms with E-state index in [1.165, 1.54) is 0 Å². The Balaban J connectivity index is 1.86. The number of halogens is 1. The van der Waals surface area contributed by atoms with Gasteiger partial charge in [0, 0.05) is 31.2 Å². The highest BCUT2D eigenvalue weighted by Gasteiger charge is 2.15. The zero-order valence-electron chi connectivity index (χ0n) is 10.4. The maximum absolute atomic E-state index is 6.02. The van der Waals surface area contributed by atoms with Crippen LogP contribution in [0.25, 0.3) is 11.1 Å². The highest BCUT2D eigenvalue weighted by Crippen LogP contribution is 2.24. The second-order valence-corrected chi connectivity index (χ2v) is 5.14. The van der Waals surface area contributed by atoms with Crippen molar-refractivity contribution in [1.29, 1.82) is 0 Å². The summed E-state index contributed by atoms with van der Waals surface area (Å²) in [6.45, 7) is 6.91. The van der Waals surface area contributed by atoms with E-state index < -0.39 is 0 Å². The third-order valence-electron chi connectivity index (χ3n) is 3.25. The second kappa shape index (κ2) is 4.88. The molecular formula is C13H16ClN3O. The predicted octanol–water partition coefficient (Wildman–Crippen LogP) is 2.19. The summed E-state index contributed by atoms with van der Waals surface area (Å²) < 4.78 is 5.82. The molecule has 4 nitrogen and oxygen atoms in total. The van der Waals surface area contributed by atoms with E-state index in [0.717, 1.165) is 55.3 Å². The molecule has 0 saturated carbocycles. The van der Waals surface area contributed by atoms with Gasteiger partial charge in [-0.05, 0) is 24.6 Å². The number of hydrogen-bond acceptors (Lipinski definition) is 4. The maximum Gasteiger partial charge on any atom is 0.209 e. The van der Waals surface area contributed by atoms with Crippen molar-refractivity contribution in [3.63, 3.8) is 0 Å². The van der Waals surface area contributed by atoms with Gasteiger partial charge in [-0.1, -0.05) is 11.6 Å². The first kappa shape index (κ1) is 12.0. The van der Waals surface area contributed by atoms with Crippen molar-refractivity contribution in [2.75, 3.05) is 26.2 Å². The highest BCUT2D eigenvalue weighted by atomic mass is 35.5. The molecule has 2 aromatic rings.